The van der Waals surface area contributed by atoms with Crippen LogP contribution < -0.4 is 0 Å². The lowest BCUT2D eigenvalue weighted by Gasteiger charge is -2.27. The zero-order valence-corrected chi connectivity index (χ0v) is 14.2. The molecule has 0 aromatic heterocycles. The van der Waals surface area contributed by atoms with Gasteiger partial charge in [-0.3, -0.25) is 4.90 Å². The zero-order chi connectivity index (χ0) is 16.9. The fourth-order valence-corrected chi connectivity index (χ4v) is 3.12. The van der Waals surface area contributed by atoms with Crippen LogP contribution >= 0.6 is 11.6 Å². The van der Waals surface area contributed by atoms with Crippen molar-refractivity contribution in [1.29, 1.82) is 0 Å². The number of aliphatic hydroxyl groups excluding tert-OH is 1. The Bertz CT molecular complexity index is 697. The number of halogens is 2. The molecule has 0 saturated heterocycles. The Morgan fingerprint density at radius 3 is 2.42 bits per heavy atom. The first kappa shape index (κ1) is 17.2. The smallest absolute Gasteiger partial charge is 0.123 e. The summed E-state index contributed by atoms with van der Waals surface area (Å²) in [4.78, 5) is 2.33. The summed E-state index contributed by atoms with van der Waals surface area (Å²) in [5.74, 6) is -0.276. The Labute approximate surface area is 147 Å². The Balaban J connectivity index is 1.51. The van der Waals surface area contributed by atoms with E-state index in [9.17, 15) is 9.50 Å². The van der Waals surface area contributed by atoms with Crippen LogP contribution in [0.15, 0.2) is 54.6 Å². The van der Waals surface area contributed by atoms with E-state index in [1.54, 1.807) is 12.1 Å². The van der Waals surface area contributed by atoms with Crippen molar-refractivity contribution >= 4 is 17.2 Å². The number of aliphatic hydroxyl groups is 1. The molecule has 1 heterocycles. The van der Waals surface area contributed by atoms with Crippen LogP contribution in [0.25, 0.3) is 5.57 Å². The maximum absolute atomic E-state index is 12.9. The minimum Gasteiger partial charge on any atom is -0.388 e. The number of benzene rings is 2. The van der Waals surface area contributed by atoms with Gasteiger partial charge in [-0.1, -0.05) is 41.9 Å². The molecule has 0 amide bonds. The van der Waals surface area contributed by atoms with Crippen LogP contribution in [0.1, 0.15) is 30.1 Å². The number of hydrogen-bond donors (Lipinski definition) is 1. The molecule has 0 spiro atoms. The van der Waals surface area contributed by atoms with Gasteiger partial charge in [0.1, 0.15) is 5.82 Å². The molecule has 1 N–H and O–H groups in total. The number of nitrogens with zero attached hydrogens (tertiary/aromatic N) is 1. The topological polar surface area (TPSA) is 23.5 Å². The van der Waals surface area contributed by atoms with Gasteiger partial charge in [-0.15, -0.1) is 0 Å². The minimum absolute atomic E-state index is 0.276. The molecule has 1 atom stereocenters. The molecule has 1 aliphatic heterocycles. The van der Waals surface area contributed by atoms with Gasteiger partial charge in [0.25, 0.3) is 0 Å². The maximum atomic E-state index is 12.9. The largest absolute Gasteiger partial charge is 0.388 e. The highest BCUT2D eigenvalue weighted by atomic mass is 35.5. The maximum Gasteiger partial charge on any atom is 0.123 e. The Hall–Kier alpha value is -1.68. The van der Waals surface area contributed by atoms with Crippen LogP contribution in [-0.4, -0.2) is 29.6 Å². The minimum atomic E-state index is -0.549. The lowest BCUT2D eigenvalue weighted by Crippen LogP contribution is -2.30. The molecule has 2 aromatic rings. The first-order valence-corrected chi connectivity index (χ1v) is 8.60. The van der Waals surface area contributed by atoms with Gasteiger partial charge in [-0.25, -0.2) is 4.39 Å². The van der Waals surface area contributed by atoms with Crippen LogP contribution in [0.2, 0.25) is 5.02 Å². The summed E-state index contributed by atoms with van der Waals surface area (Å²) < 4.78 is 12.9. The van der Waals surface area contributed by atoms with E-state index in [4.69, 9.17) is 11.6 Å². The second-order valence-corrected chi connectivity index (χ2v) is 6.58. The van der Waals surface area contributed by atoms with Gasteiger partial charge in [0.05, 0.1) is 6.10 Å². The average molecular weight is 346 g/mol. The molecule has 0 fully saturated rings. The van der Waals surface area contributed by atoms with E-state index in [-0.39, 0.29) is 5.82 Å². The van der Waals surface area contributed by atoms with Gasteiger partial charge < -0.3 is 5.11 Å². The molecule has 2 aromatic carbocycles. The van der Waals surface area contributed by atoms with Crippen molar-refractivity contribution in [3.05, 3.63) is 76.6 Å². The molecular formula is C20H21ClFNO. The summed E-state index contributed by atoms with van der Waals surface area (Å²) >= 11 is 5.93. The molecule has 0 radical (unpaired) electrons. The standard InChI is InChI=1S/C20H21ClFNO/c21-18-5-1-15(2-6-18)16-9-12-23(13-10-16)14-11-20(24)17-3-7-19(22)8-4-17/h1-9,20,24H,10-14H2. The van der Waals surface area contributed by atoms with Crippen LogP contribution in [-0.2, 0) is 0 Å². The summed E-state index contributed by atoms with van der Waals surface area (Å²) in [5, 5.41) is 11.0. The van der Waals surface area contributed by atoms with Crippen molar-refractivity contribution in [2.24, 2.45) is 0 Å². The van der Waals surface area contributed by atoms with Gasteiger partial charge in [0.15, 0.2) is 0 Å². The first-order valence-electron chi connectivity index (χ1n) is 8.22. The molecule has 0 aliphatic carbocycles. The fourth-order valence-electron chi connectivity index (χ4n) is 3.00. The van der Waals surface area contributed by atoms with E-state index >= 15 is 0 Å². The van der Waals surface area contributed by atoms with E-state index in [2.05, 4.69) is 23.1 Å². The highest BCUT2D eigenvalue weighted by Crippen LogP contribution is 2.24. The lowest BCUT2D eigenvalue weighted by atomic mass is 9.99. The summed E-state index contributed by atoms with van der Waals surface area (Å²) in [6.07, 6.45) is 3.34. The van der Waals surface area contributed by atoms with Gasteiger partial charge in [-0.2, -0.15) is 0 Å². The molecule has 24 heavy (non-hydrogen) atoms. The van der Waals surface area contributed by atoms with Crippen molar-refractivity contribution in [2.45, 2.75) is 18.9 Å². The number of rotatable bonds is 5. The van der Waals surface area contributed by atoms with E-state index in [1.807, 2.05) is 12.1 Å². The van der Waals surface area contributed by atoms with E-state index < -0.39 is 6.10 Å². The fraction of sp³-hybridized carbons (Fsp3) is 0.300. The average Bonchev–Trinajstić information content (AvgIpc) is 2.61. The summed E-state index contributed by atoms with van der Waals surface area (Å²) in [7, 11) is 0. The quantitative estimate of drug-likeness (QED) is 0.849. The second-order valence-electron chi connectivity index (χ2n) is 6.14. The molecule has 2 nitrogen and oxygen atoms in total. The van der Waals surface area contributed by atoms with E-state index in [0.717, 1.165) is 36.6 Å². The molecule has 1 aliphatic rings. The van der Waals surface area contributed by atoms with Gasteiger partial charge in [0.2, 0.25) is 0 Å². The third-order valence-corrected chi connectivity index (χ3v) is 4.73. The second kappa shape index (κ2) is 7.93. The Morgan fingerprint density at radius 1 is 1.08 bits per heavy atom. The summed E-state index contributed by atoms with van der Waals surface area (Å²) in [5.41, 5.74) is 3.35. The predicted molar refractivity (Wildman–Crippen MR) is 96.5 cm³/mol. The molecule has 0 bridgehead atoms. The van der Waals surface area contributed by atoms with Gasteiger partial charge >= 0.3 is 0 Å². The van der Waals surface area contributed by atoms with Crippen molar-refractivity contribution < 1.29 is 9.50 Å². The molecule has 0 saturated carbocycles. The van der Waals surface area contributed by atoms with Gasteiger partial charge in [-0.05, 0) is 53.8 Å². The van der Waals surface area contributed by atoms with E-state index in [0.29, 0.717) is 6.42 Å². The Morgan fingerprint density at radius 2 is 1.79 bits per heavy atom. The first-order chi connectivity index (χ1) is 11.6. The SMILES string of the molecule is OC(CCN1CC=C(c2ccc(Cl)cc2)CC1)c1ccc(F)cc1. The van der Waals surface area contributed by atoms with Crippen molar-refractivity contribution in [3.8, 4) is 0 Å². The van der Waals surface area contributed by atoms with Crippen LogP contribution in [0.5, 0.6) is 0 Å². The molecule has 1 unspecified atom stereocenters. The van der Waals surface area contributed by atoms with Gasteiger partial charge in [0, 0.05) is 24.7 Å². The summed E-state index contributed by atoms with van der Waals surface area (Å²) in [6, 6.07) is 14.0. The normalized spacial score (nSPS) is 16.7. The summed E-state index contributed by atoms with van der Waals surface area (Å²) in [6.45, 7) is 2.68. The predicted octanol–water partition coefficient (Wildman–Crippen LogP) is 4.69. The van der Waals surface area contributed by atoms with Crippen molar-refractivity contribution in [3.63, 3.8) is 0 Å². The highest BCUT2D eigenvalue weighted by Gasteiger charge is 2.15. The van der Waals surface area contributed by atoms with Crippen LogP contribution in [0.4, 0.5) is 4.39 Å². The Kier molecular flexibility index (Phi) is 5.67. The molecule has 4 heteroatoms. The molecule has 126 valence electrons. The monoisotopic (exact) mass is 345 g/mol. The third kappa shape index (κ3) is 4.44. The highest BCUT2D eigenvalue weighted by molar-refractivity contribution is 6.30. The zero-order valence-electron chi connectivity index (χ0n) is 13.5. The van der Waals surface area contributed by atoms with Crippen LogP contribution in [0.3, 0.4) is 0 Å². The lowest BCUT2D eigenvalue weighted by molar-refractivity contribution is 0.145. The van der Waals surface area contributed by atoms with E-state index in [1.165, 1.54) is 23.3 Å². The van der Waals surface area contributed by atoms with Crippen LogP contribution in [0, 0.1) is 5.82 Å². The van der Waals surface area contributed by atoms with Crippen molar-refractivity contribution in [1.82, 2.24) is 4.90 Å². The van der Waals surface area contributed by atoms with Crippen molar-refractivity contribution in [2.75, 3.05) is 19.6 Å². The molecule has 3 rings (SSSR count). The third-order valence-electron chi connectivity index (χ3n) is 4.48. The number of hydrogen-bond acceptors (Lipinski definition) is 2. The molecular weight excluding hydrogens is 325 g/mol.